The Labute approximate surface area is 95.9 Å². The van der Waals surface area contributed by atoms with Crippen molar-refractivity contribution in [3.05, 3.63) is 76.7 Å². The average molecular weight is 205 g/mol. The maximum Gasteiger partial charge on any atom is 0.0452 e. The van der Waals surface area contributed by atoms with E-state index in [1.54, 1.807) is 5.92 Å². The topological polar surface area (TPSA) is 0 Å². The third kappa shape index (κ3) is 0.863. The van der Waals surface area contributed by atoms with Gasteiger partial charge in [-0.15, -0.1) is 0 Å². The second kappa shape index (κ2) is 2.57. The Morgan fingerprint density at radius 2 is 1.50 bits per heavy atom. The van der Waals surface area contributed by atoms with Crippen LogP contribution in [0.2, 0.25) is 0 Å². The predicted octanol–water partition coefficient (Wildman–Crippen LogP) is 3.48. The van der Waals surface area contributed by atoms with Crippen molar-refractivity contribution in [3.8, 4) is 0 Å². The third-order valence-electron chi connectivity index (χ3n) is 4.11. The molecule has 1 unspecified atom stereocenters. The van der Waals surface area contributed by atoms with E-state index in [-0.39, 0.29) is 0 Å². The normalized spacial score (nSPS) is 25.6. The standard InChI is InChI=1S/C16H13/c1-16(10-11-6-2-5-9-14(11)16)15-12-7-3-4-8-13(12)15/h2-9H,10H2,1H3. The zero-order valence-electron chi connectivity index (χ0n) is 9.33. The molecule has 0 aliphatic heterocycles. The van der Waals surface area contributed by atoms with Gasteiger partial charge in [0.2, 0.25) is 0 Å². The Morgan fingerprint density at radius 3 is 2.19 bits per heavy atom. The van der Waals surface area contributed by atoms with Gasteiger partial charge in [-0.25, -0.2) is 0 Å². The summed E-state index contributed by atoms with van der Waals surface area (Å²) >= 11 is 0. The summed E-state index contributed by atoms with van der Waals surface area (Å²) in [4.78, 5) is 0. The third-order valence-corrected chi connectivity index (χ3v) is 4.11. The lowest BCUT2D eigenvalue weighted by molar-refractivity contribution is 0.473. The maximum atomic E-state index is 2.38. The molecule has 0 bridgehead atoms. The Kier molecular flexibility index (Phi) is 1.38. The van der Waals surface area contributed by atoms with E-state index in [2.05, 4.69) is 55.5 Å². The fraction of sp³-hybridized carbons (Fsp3) is 0.188. The summed E-state index contributed by atoms with van der Waals surface area (Å²) in [7, 11) is 0. The van der Waals surface area contributed by atoms with Crippen molar-refractivity contribution in [2.24, 2.45) is 0 Å². The van der Waals surface area contributed by atoms with Crippen LogP contribution in [0.3, 0.4) is 0 Å². The second-order valence-electron chi connectivity index (χ2n) is 5.09. The van der Waals surface area contributed by atoms with E-state index in [1.807, 2.05) is 0 Å². The SMILES string of the molecule is CC1([C]2c3ccccc32)Cc2ccccc21. The van der Waals surface area contributed by atoms with Crippen LogP contribution in [0.25, 0.3) is 0 Å². The molecule has 0 aromatic heterocycles. The molecule has 4 rings (SSSR count). The van der Waals surface area contributed by atoms with Gasteiger partial charge >= 0.3 is 0 Å². The molecule has 0 saturated carbocycles. The monoisotopic (exact) mass is 205 g/mol. The van der Waals surface area contributed by atoms with E-state index in [9.17, 15) is 0 Å². The molecule has 1 atom stereocenters. The molecule has 2 aliphatic carbocycles. The predicted molar refractivity (Wildman–Crippen MR) is 65.4 cm³/mol. The van der Waals surface area contributed by atoms with Crippen molar-refractivity contribution in [1.29, 1.82) is 0 Å². The number of hydrogen-bond donors (Lipinski definition) is 0. The zero-order chi connectivity index (χ0) is 10.8. The lowest BCUT2D eigenvalue weighted by Gasteiger charge is -2.41. The first-order valence-corrected chi connectivity index (χ1v) is 5.86. The van der Waals surface area contributed by atoms with E-state index in [1.165, 1.54) is 28.7 Å². The highest BCUT2D eigenvalue weighted by Gasteiger charge is 2.53. The van der Waals surface area contributed by atoms with Crippen LogP contribution < -0.4 is 0 Å². The number of benzene rings is 2. The molecule has 0 spiro atoms. The lowest BCUT2D eigenvalue weighted by Crippen LogP contribution is -2.37. The van der Waals surface area contributed by atoms with Gasteiger partial charge in [-0.1, -0.05) is 55.5 Å². The fourth-order valence-electron chi connectivity index (χ4n) is 3.27. The van der Waals surface area contributed by atoms with Gasteiger partial charge in [-0.05, 0) is 28.7 Å². The summed E-state index contributed by atoms with van der Waals surface area (Å²) in [6.07, 6.45) is 1.20. The molecule has 0 fully saturated rings. The molecule has 0 N–H and O–H groups in total. The highest BCUT2D eigenvalue weighted by atomic mass is 14.5. The quantitative estimate of drug-likeness (QED) is 0.668. The van der Waals surface area contributed by atoms with Crippen LogP contribution in [0.15, 0.2) is 48.5 Å². The van der Waals surface area contributed by atoms with Crippen LogP contribution >= 0.6 is 0 Å². The summed E-state index contributed by atoms with van der Waals surface area (Å²) in [5.74, 6) is 1.58. The summed E-state index contributed by atoms with van der Waals surface area (Å²) in [6, 6.07) is 17.6. The van der Waals surface area contributed by atoms with Crippen LogP contribution in [0, 0.1) is 5.92 Å². The molecule has 2 aromatic rings. The van der Waals surface area contributed by atoms with Crippen LogP contribution in [0.4, 0.5) is 0 Å². The summed E-state index contributed by atoms with van der Waals surface area (Å²) in [5.41, 5.74) is 6.32. The number of hydrogen-bond acceptors (Lipinski definition) is 0. The maximum absolute atomic E-state index is 2.38. The minimum absolute atomic E-state index is 0.292. The van der Waals surface area contributed by atoms with Crippen LogP contribution in [0.1, 0.15) is 29.2 Å². The molecule has 0 amide bonds. The Bertz CT molecular complexity index is 559. The minimum Gasteiger partial charge on any atom is -0.0620 e. The van der Waals surface area contributed by atoms with Crippen molar-refractivity contribution in [1.82, 2.24) is 0 Å². The second-order valence-corrected chi connectivity index (χ2v) is 5.09. The largest absolute Gasteiger partial charge is 0.0620 e. The van der Waals surface area contributed by atoms with Crippen molar-refractivity contribution < 1.29 is 0 Å². The first-order valence-electron chi connectivity index (χ1n) is 5.86. The smallest absolute Gasteiger partial charge is 0.0452 e. The summed E-state index contributed by atoms with van der Waals surface area (Å²) < 4.78 is 0. The average Bonchev–Trinajstić information content (AvgIpc) is 3.02. The van der Waals surface area contributed by atoms with Crippen molar-refractivity contribution in [3.63, 3.8) is 0 Å². The van der Waals surface area contributed by atoms with Gasteiger partial charge in [0.05, 0.1) is 0 Å². The van der Waals surface area contributed by atoms with Gasteiger partial charge in [0.1, 0.15) is 0 Å². The van der Waals surface area contributed by atoms with E-state index in [0.29, 0.717) is 5.41 Å². The molecule has 0 nitrogen and oxygen atoms in total. The summed E-state index contributed by atoms with van der Waals surface area (Å²) in [5, 5.41) is 0. The Balaban J connectivity index is 1.79. The molecule has 16 heavy (non-hydrogen) atoms. The van der Waals surface area contributed by atoms with Gasteiger partial charge in [-0.2, -0.15) is 0 Å². The van der Waals surface area contributed by atoms with Gasteiger partial charge in [-0.3, -0.25) is 0 Å². The molecular formula is C16H13. The molecule has 77 valence electrons. The van der Waals surface area contributed by atoms with Crippen molar-refractivity contribution in [2.45, 2.75) is 18.8 Å². The minimum atomic E-state index is 0.292. The van der Waals surface area contributed by atoms with Crippen molar-refractivity contribution in [2.75, 3.05) is 0 Å². The first-order chi connectivity index (χ1) is 7.81. The molecule has 2 aliphatic rings. The van der Waals surface area contributed by atoms with Gasteiger partial charge in [0, 0.05) is 11.3 Å². The molecule has 0 heteroatoms. The highest BCUT2D eigenvalue weighted by molar-refractivity contribution is 5.75. The van der Waals surface area contributed by atoms with Crippen LogP contribution in [-0.4, -0.2) is 0 Å². The summed E-state index contributed by atoms with van der Waals surface area (Å²) in [6.45, 7) is 2.38. The Hall–Kier alpha value is -1.56. The van der Waals surface area contributed by atoms with Crippen LogP contribution in [-0.2, 0) is 11.8 Å². The highest BCUT2D eigenvalue weighted by Crippen LogP contribution is 2.60. The molecule has 0 saturated heterocycles. The van der Waals surface area contributed by atoms with E-state index >= 15 is 0 Å². The number of fused-ring (bicyclic) bond motifs is 2. The van der Waals surface area contributed by atoms with Crippen molar-refractivity contribution >= 4 is 0 Å². The van der Waals surface area contributed by atoms with E-state index in [4.69, 9.17) is 0 Å². The Morgan fingerprint density at radius 1 is 0.875 bits per heavy atom. The zero-order valence-corrected chi connectivity index (χ0v) is 9.33. The van der Waals surface area contributed by atoms with Gasteiger partial charge < -0.3 is 0 Å². The van der Waals surface area contributed by atoms with Gasteiger partial charge in [0.25, 0.3) is 0 Å². The van der Waals surface area contributed by atoms with E-state index in [0.717, 1.165) is 0 Å². The fourth-order valence-corrected chi connectivity index (χ4v) is 3.27. The molecule has 0 heterocycles. The number of rotatable bonds is 1. The lowest BCUT2D eigenvalue weighted by atomic mass is 9.61. The van der Waals surface area contributed by atoms with Crippen LogP contribution in [0.5, 0.6) is 0 Å². The molecule has 1 radical (unpaired) electrons. The van der Waals surface area contributed by atoms with Gasteiger partial charge in [0.15, 0.2) is 0 Å². The molecule has 2 aromatic carbocycles. The first kappa shape index (κ1) is 8.58. The van der Waals surface area contributed by atoms with E-state index < -0.39 is 0 Å². The molecular weight excluding hydrogens is 192 g/mol.